The Bertz CT molecular complexity index is 624. The number of hydrogen-bond donors (Lipinski definition) is 0. The number of ketones is 2. The highest BCUT2D eigenvalue weighted by atomic mass is 16.6. The second-order valence-electron chi connectivity index (χ2n) is 4.56. The van der Waals surface area contributed by atoms with Gasteiger partial charge in [0.05, 0.1) is 21.5 Å². The normalized spacial score (nSPS) is 10.5. The van der Waals surface area contributed by atoms with Crippen molar-refractivity contribution in [2.75, 3.05) is 0 Å². The lowest BCUT2D eigenvalue weighted by Gasteiger charge is -2.15. The fraction of sp³-hybridized carbons (Fsp3) is 0.385. The molecule has 0 heterocycles. The van der Waals surface area contributed by atoms with Crippen LogP contribution in [0, 0.1) is 20.2 Å². The molecular formula is C13H14N2O6. The van der Waals surface area contributed by atoms with Crippen LogP contribution in [0.25, 0.3) is 0 Å². The zero-order valence-corrected chi connectivity index (χ0v) is 11.8. The van der Waals surface area contributed by atoms with Crippen molar-refractivity contribution in [1.82, 2.24) is 0 Å². The van der Waals surface area contributed by atoms with Gasteiger partial charge in [-0.15, -0.1) is 0 Å². The summed E-state index contributed by atoms with van der Waals surface area (Å²) in [6, 6.07) is 1.95. The van der Waals surface area contributed by atoms with Crippen LogP contribution in [0.2, 0.25) is 0 Å². The van der Waals surface area contributed by atoms with Crippen molar-refractivity contribution < 1.29 is 19.4 Å². The zero-order chi connectivity index (χ0) is 16.3. The minimum Gasteiger partial charge on any atom is -0.299 e. The summed E-state index contributed by atoms with van der Waals surface area (Å²) in [5.74, 6) is -2.34. The fourth-order valence-electron chi connectivity index (χ4n) is 2.26. The maximum absolute atomic E-state index is 11.7. The average Bonchev–Trinajstić information content (AvgIpc) is 2.37. The van der Waals surface area contributed by atoms with Gasteiger partial charge in [0.1, 0.15) is 17.5 Å². The molecule has 0 aliphatic rings. The lowest BCUT2D eigenvalue weighted by atomic mass is 9.86. The highest BCUT2D eigenvalue weighted by molar-refractivity contribution is 6.06. The Morgan fingerprint density at radius 1 is 1.10 bits per heavy atom. The van der Waals surface area contributed by atoms with Gasteiger partial charge in [0.25, 0.3) is 11.4 Å². The van der Waals surface area contributed by atoms with E-state index in [4.69, 9.17) is 0 Å². The topological polar surface area (TPSA) is 120 Å². The lowest BCUT2D eigenvalue weighted by Crippen LogP contribution is -2.20. The Morgan fingerprint density at radius 2 is 1.62 bits per heavy atom. The number of nitro benzene ring substituents is 2. The van der Waals surface area contributed by atoms with E-state index in [9.17, 15) is 29.8 Å². The van der Waals surface area contributed by atoms with E-state index in [0.29, 0.717) is 0 Å². The number of carbonyl (C=O) groups is 2. The molecule has 1 aromatic carbocycles. The molecule has 1 aromatic rings. The molecule has 0 aliphatic heterocycles. The van der Waals surface area contributed by atoms with E-state index >= 15 is 0 Å². The largest absolute Gasteiger partial charge is 0.299 e. The molecule has 21 heavy (non-hydrogen) atoms. The number of rotatable bonds is 6. The quantitative estimate of drug-likeness (QED) is 0.451. The van der Waals surface area contributed by atoms with Crippen molar-refractivity contribution in [3.05, 3.63) is 43.5 Å². The number of benzene rings is 1. The molecule has 0 fully saturated rings. The van der Waals surface area contributed by atoms with E-state index in [0.717, 1.165) is 19.9 Å². The average molecular weight is 294 g/mol. The third kappa shape index (κ3) is 3.28. The van der Waals surface area contributed by atoms with Crippen LogP contribution in [-0.4, -0.2) is 21.4 Å². The van der Waals surface area contributed by atoms with E-state index in [1.807, 2.05) is 0 Å². The predicted molar refractivity (Wildman–Crippen MR) is 73.2 cm³/mol. The van der Waals surface area contributed by atoms with Crippen molar-refractivity contribution in [3.63, 3.8) is 0 Å². The Balaban J connectivity index is 3.76. The number of non-ortho nitro benzene ring substituents is 1. The smallest absolute Gasteiger partial charge is 0.280 e. The maximum atomic E-state index is 11.7. The first-order chi connectivity index (χ1) is 9.70. The van der Waals surface area contributed by atoms with Crippen LogP contribution < -0.4 is 0 Å². The number of Topliss-reactive ketones (excluding diaryl/α,β-unsaturated/α-hetero) is 2. The number of nitrogens with zero attached hydrogens (tertiary/aromatic N) is 2. The van der Waals surface area contributed by atoms with Gasteiger partial charge in [-0.25, -0.2) is 0 Å². The van der Waals surface area contributed by atoms with E-state index in [1.54, 1.807) is 6.92 Å². The zero-order valence-electron chi connectivity index (χ0n) is 11.8. The van der Waals surface area contributed by atoms with E-state index < -0.39 is 38.7 Å². The summed E-state index contributed by atoms with van der Waals surface area (Å²) in [4.78, 5) is 43.8. The van der Waals surface area contributed by atoms with E-state index in [1.165, 1.54) is 6.07 Å². The molecule has 8 nitrogen and oxygen atoms in total. The van der Waals surface area contributed by atoms with Gasteiger partial charge in [-0.3, -0.25) is 29.8 Å². The van der Waals surface area contributed by atoms with Crippen LogP contribution in [0.3, 0.4) is 0 Å². The first-order valence-corrected chi connectivity index (χ1v) is 6.17. The minimum atomic E-state index is -1.28. The molecule has 0 radical (unpaired) electrons. The van der Waals surface area contributed by atoms with Crippen molar-refractivity contribution in [3.8, 4) is 0 Å². The van der Waals surface area contributed by atoms with Gasteiger partial charge in [-0.1, -0.05) is 6.92 Å². The SMILES string of the molecule is CCc1cc([N+](=O)[O-])cc([N+](=O)[O-])c1C(C(C)=O)C(C)=O. The van der Waals surface area contributed by atoms with Crippen LogP contribution in [-0.2, 0) is 16.0 Å². The van der Waals surface area contributed by atoms with Crippen LogP contribution in [0.15, 0.2) is 12.1 Å². The molecule has 0 spiro atoms. The fourth-order valence-corrected chi connectivity index (χ4v) is 2.26. The van der Waals surface area contributed by atoms with Gasteiger partial charge < -0.3 is 0 Å². The third-order valence-electron chi connectivity index (χ3n) is 3.12. The molecule has 112 valence electrons. The summed E-state index contributed by atoms with van der Waals surface area (Å²) in [5, 5.41) is 22.0. The highest BCUT2D eigenvalue weighted by Gasteiger charge is 2.33. The molecule has 0 saturated heterocycles. The molecule has 1 rings (SSSR count). The van der Waals surface area contributed by atoms with Gasteiger partial charge in [0.15, 0.2) is 0 Å². The van der Waals surface area contributed by atoms with Crippen LogP contribution in [0.1, 0.15) is 37.8 Å². The molecule has 0 unspecified atom stereocenters. The van der Waals surface area contributed by atoms with Gasteiger partial charge in [0.2, 0.25) is 0 Å². The molecule has 0 aliphatic carbocycles. The van der Waals surface area contributed by atoms with E-state index in [2.05, 4.69) is 0 Å². The summed E-state index contributed by atoms with van der Waals surface area (Å²) in [6.07, 6.45) is 0.231. The molecule has 0 amide bonds. The van der Waals surface area contributed by atoms with E-state index in [-0.39, 0.29) is 17.5 Å². The minimum absolute atomic E-state index is 0.0481. The van der Waals surface area contributed by atoms with Gasteiger partial charge in [-0.05, 0) is 25.8 Å². The molecule has 8 heteroatoms. The lowest BCUT2D eigenvalue weighted by molar-refractivity contribution is -0.394. The summed E-state index contributed by atoms with van der Waals surface area (Å²) >= 11 is 0. The molecular weight excluding hydrogens is 280 g/mol. The molecule has 0 saturated carbocycles. The standard InChI is InChI=1S/C13H14N2O6/c1-4-9-5-10(14(18)19)6-11(15(20)21)13(9)12(7(2)16)8(3)17/h5-6,12H,4H2,1-3H3. The third-order valence-corrected chi connectivity index (χ3v) is 3.12. The Morgan fingerprint density at radius 3 is 1.95 bits per heavy atom. The molecule has 0 aromatic heterocycles. The Labute approximate surface area is 120 Å². The summed E-state index contributed by atoms with van der Waals surface area (Å²) < 4.78 is 0. The Kier molecular flexibility index (Phi) is 4.85. The number of aryl methyl sites for hydroxylation is 1. The number of nitro groups is 2. The Hall–Kier alpha value is -2.64. The van der Waals surface area contributed by atoms with Gasteiger partial charge in [-0.2, -0.15) is 0 Å². The molecule has 0 N–H and O–H groups in total. The van der Waals surface area contributed by atoms with Crippen molar-refractivity contribution in [2.24, 2.45) is 0 Å². The van der Waals surface area contributed by atoms with Crippen LogP contribution in [0.4, 0.5) is 11.4 Å². The van der Waals surface area contributed by atoms with Crippen molar-refractivity contribution in [2.45, 2.75) is 33.1 Å². The molecule has 0 atom stereocenters. The summed E-state index contributed by atoms with van der Waals surface area (Å²) in [7, 11) is 0. The van der Waals surface area contributed by atoms with Gasteiger partial charge in [0, 0.05) is 6.07 Å². The van der Waals surface area contributed by atoms with Crippen molar-refractivity contribution in [1.29, 1.82) is 0 Å². The monoisotopic (exact) mass is 294 g/mol. The number of carbonyl (C=O) groups excluding carboxylic acids is 2. The predicted octanol–water partition coefficient (Wildman–Crippen LogP) is 2.33. The highest BCUT2D eigenvalue weighted by Crippen LogP contribution is 2.35. The number of hydrogen-bond acceptors (Lipinski definition) is 6. The first kappa shape index (κ1) is 16.4. The first-order valence-electron chi connectivity index (χ1n) is 6.17. The molecule has 0 bridgehead atoms. The van der Waals surface area contributed by atoms with Crippen LogP contribution in [0.5, 0.6) is 0 Å². The second kappa shape index (κ2) is 6.21. The van der Waals surface area contributed by atoms with Crippen molar-refractivity contribution >= 4 is 22.9 Å². The summed E-state index contributed by atoms with van der Waals surface area (Å²) in [5.41, 5.74) is -0.802. The van der Waals surface area contributed by atoms with Gasteiger partial charge >= 0.3 is 0 Å². The second-order valence-corrected chi connectivity index (χ2v) is 4.56. The summed E-state index contributed by atoms with van der Waals surface area (Å²) in [6.45, 7) is 3.97. The van der Waals surface area contributed by atoms with Crippen LogP contribution >= 0.6 is 0 Å². The maximum Gasteiger partial charge on any atom is 0.280 e.